The standard InChI is InChI=1S/C17H27FN2/c1-5-14-11-19-17(6-2,7-3)12-20(14)16-9-8-13(4)10-15(16)18/h8-10,14,19H,5-7,11-12H2,1-4H3. The van der Waals surface area contributed by atoms with Crippen LogP contribution in [0.15, 0.2) is 18.2 Å². The second-order valence-corrected chi connectivity index (χ2v) is 6.01. The molecular formula is C17H27FN2. The minimum Gasteiger partial charge on any atom is -0.363 e. The predicted molar refractivity (Wildman–Crippen MR) is 83.9 cm³/mol. The normalized spacial score (nSPS) is 22.1. The highest BCUT2D eigenvalue weighted by molar-refractivity contribution is 5.51. The van der Waals surface area contributed by atoms with Crippen molar-refractivity contribution in [2.75, 3.05) is 18.0 Å². The van der Waals surface area contributed by atoms with Crippen LogP contribution in [0.4, 0.5) is 10.1 Å². The summed E-state index contributed by atoms with van der Waals surface area (Å²) in [7, 11) is 0. The molecular weight excluding hydrogens is 251 g/mol. The van der Waals surface area contributed by atoms with Gasteiger partial charge in [0.2, 0.25) is 0 Å². The van der Waals surface area contributed by atoms with Gasteiger partial charge >= 0.3 is 0 Å². The van der Waals surface area contributed by atoms with Gasteiger partial charge in [0.05, 0.1) is 5.69 Å². The van der Waals surface area contributed by atoms with Crippen LogP contribution in [0.2, 0.25) is 0 Å². The Balaban J connectivity index is 2.33. The summed E-state index contributed by atoms with van der Waals surface area (Å²) in [5.41, 5.74) is 1.85. The molecule has 1 aromatic rings. The molecule has 0 aromatic heterocycles. The van der Waals surface area contributed by atoms with Gasteiger partial charge in [-0.05, 0) is 43.9 Å². The highest BCUT2D eigenvalue weighted by Crippen LogP contribution is 2.30. The molecule has 1 fully saturated rings. The summed E-state index contributed by atoms with van der Waals surface area (Å²) in [5, 5.41) is 3.70. The monoisotopic (exact) mass is 278 g/mol. The maximum absolute atomic E-state index is 14.3. The summed E-state index contributed by atoms with van der Waals surface area (Å²) < 4.78 is 14.3. The van der Waals surface area contributed by atoms with E-state index < -0.39 is 0 Å². The van der Waals surface area contributed by atoms with E-state index in [1.165, 1.54) is 0 Å². The largest absolute Gasteiger partial charge is 0.363 e. The lowest BCUT2D eigenvalue weighted by Gasteiger charge is -2.48. The van der Waals surface area contributed by atoms with E-state index in [-0.39, 0.29) is 11.4 Å². The zero-order valence-corrected chi connectivity index (χ0v) is 13.2. The average molecular weight is 278 g/mol. The lowest BCUT2D eigenvalue weighted by molar-refractivity contribution is 0.245. The highest BCUT2D eigenvalue weighted by Gasteiger charge is 2.36. The van der Waals surface area contributed by atoms with Crippen LogP contribution in [0, 0.1) is 12.7 Å². The molecule has 0 spiro atoms. The Morgan fingerprint density at radius 3 is 2.55 bits per heavy atom. The molecule has 2 rings (SSSR count). The molecule has 3 heteroatoms. The third-order valence-electron chi connectivity index (χ3n) is 4.86. The zero-order valence-electron chi connectivity index (χ0n) is 13.2. The number of nitrogens with zero attached hydrogens (tertiary/aromatic N) is 1. The van der Waals surface area contributed by atoms with Crippen molar-refractivity contribution in [3.05, 3.63) is 29.6 Å². The van der Waals surface area contributed by atoms with Crippen LogP contribution < -0.4 is 10.2 Å². The second-order valence-electron chi connectivity index (χ2n) is 6.01. The molecule has 1 saturated heterocycles. The van der Waals surface area contributed by atoms with Crippen LogP contribution in [0.5, 0.6) is 0 Å². The van der Waals surface area contributed by atoms with Crippen molar-refractivity contribution in [3.63, 3.8) is 0 Å². The smallest absolute Gasteiger partial charge is 0.146 e. The van der Waals surface area contributed by atoms with E-state index in [2.05, 4.69) is 31.0 Å². The molecule has 2 nitrogen and oxygen atoms in total. The van der Waals surface area contributed by atoms with Gasteiger partial charge < -0.3 is 10.2 Å². The average Bonchev–Trinajstić information content (AvgIpc) is 2.46. The quantitative estimate of drug-likeness (QED) is 0.899. The molecule has 0 aliphatic carbocycles. The summed E-state index contributed by atoms with van der Waals surface area (Å²) in [4.78, 5) is 2.28. The number of aryl methyl sites for hydroxylation is 1. The van der Waals surface area contributed by atoms with Crippen LogP contribution in [-0.2, 0) is 0 Å². The number of nitrogens with one attached hydrogen (secondary N) is 1. The molecule has 1 aliphatic rings. The van der Waals surface area contributed by atoms with E-state index in [1.54, 1.807) is 6.07 Å². The summed E-state index contributed by atoms with van der Waals surface area (Å²) in [6.45, 7) is 10.4. The van der Waals surface area contributed by atoms with Gasteiger partial charge in [-0.15, -0.1) is 0 Å². The maximum Gasteiger partial charge on any atom is 0.146 e. The summed E-state index contributed by atoms with van der Waals surface area (Å²) in [6, 6.07) is 5.96. The van der Waals surface area contributed by atoms with Gasteiger partial charge in [-0.1, -0.05) is 26.8 Å². The predicted octanol–water partition coefficient (Wildman–Crippen LogP) is 3.88. The van der Waals surface area contributed by atoms with E-state index in [9.17, 15) is 4.39 Å². The van der Waals surface area contributed by atoms with Gasteiger partial charge in [0.1, 0.15) is 5.82 Å². The molecule has 1 aliphatic heterocycles. The first-order valence-electron chi connectivity index (χ1n) is 7.83. The first-order valence-corrected chi connectivity index (χ1v) is 7.83. The maximum atomic E-state index is 14.3. The van der Waals surface area contributed by atoms with Crippen molar-refractivity contribution < 1.29 is 4.39 Å². The fourth-order valence-corrected chi connectivity index (χ4v) is 3.17. The van der Waals surface area contributed by atoms with E-state index in [0.717, 1.165) is 43.6 Å². The Labute approximate surface area is 122 Å². The third kappa shape index (κ3) is 2.83. The summed E-state index contributed by atoms with van der Waals surface area (Å²) in [6.07, 6.45) is 3.18. The van der Waals surface area contributed by atoms with Gasteiger partial charge in [-0.3, -0.25) is 0 Å². The van der Waals surface area contributed by atoms with Gasteiger partial charge in [0.15, 0.2) is 0 Å². The number of halogens is 1. The van der Waals surface area contributed by atoms with Crippen LogP contribution in [0.1, 0.15) is 45.6 Å². The van der Waals surface area contributed by atoms with Gasteiger partial charge in [-0.25, -0.2) is 4.39 Å². The first-order chi connectivity index (χ1) is 9.55. The molecule has 1 heterocycles. The molecule has 1 unspecified atom stereocenters. The number of hydrogen-bond donors (Lipinski definition) is 1. The van der Waals surface area contributed by atoms with E-state index in [1.807, 2.05) is 19.1 Å². The van der Waals surface area contributed by atoms with Crippen molar-refractivity contribution in [1.82, 2.24) is 5.32 Å². The minimum absolute atomic E-state index is 0.0912. The van der Waals surface area contributed by atoms with E-state index in [4.69, 9.17) is 0 Å². The van der Waals surface area contributed by atoms with Gasteiger partial charge in [-0.2, -0.15) is 0 Å². The molecule has 0 bridgehead atoms. The van der Waals surface area contributed by atoms with E-state index >= 15 is 0 Å². The minimum atomic E-state index is -0.0912. The molecule has 1 atom stereocenters. The van der Waals surface area contributed by atoms with Crippen LogP contribution >= 0.6 is 0 Å². The molecule has 1 aromatic carbocycles. The Morgan fingerprint density at radius 2 is 2.00 bits per heavy atom. The van der Waals surface area contributed by atoms with Crippen LogP contribution in [0.25, 0.3) is 0 Å². The first kappa shape index (κ1) is 15.3. The second kappa shape index (κ2) is 6.13. The van der Waals surface area contributed by atoms with Crippen molar-refractivity contribution in [3.8, 4) is 0 Å². The SMILES string of the molecule is CCC1CNC(CC)(CC)CN1c1ccc(C)cc1F. The number of hydrogen-bond acceptors (Lipinski definition) is 2. The Kier molecular flexibility index (Phi) is 4.69. The topological polar surface area (TPSA) is 15.3 Å². The van der Waals surface area contributed by atoms with Crippen LogP contribution in [0.3, 0.4) is 0 Å². The number of rotatable bonds is 4. The molecule has 0 amide bonds. The van der Waals surface area contributed by atoms with Gasteiger partial charge in [0, 0.05) is 24.7 Å². The number of benzene rings is 1. The molecule has 0 saturated carbocycles. The highest BCUT2D eigenvalue weighted by atomic mass is 19.1. The molecule has 1 N–H and O–H groups in total. The number of anilines is 1. The zero-order chi connectivity index (χ0) is 14.8. The lowest BCUT2D eigenvalue weighted by Crippen LogP contribution is -2.64. The lowest BCUT2D eigenvalue weighted by atomic mass is 9.87. The molecule has 0 radical (unpaired) electrons. The fourth-order valence-electron chi connectivity index (χ4n) is 3.17. The van der Waals surface area contributed by atoms with E-state index in [0.29, 0.717) is 6.04 Å². The summed E-state index contributed by atoms with van der Waals surface area (Å²) in [5.74, 6) is -0.0912. The molecule has 20 heavy (non-hydrogen) atoms. The fraction of sp³-hybridized carbons (Fsp3) is 0.647. The molecule has 112 valence electrons. The Morgan fingerprint density at radius 1 is 1.30 bits per heavy atom. The van der Waals surface area contributed by atoms with Crippen molar-refractivity contribution in [1.29, 1.82) is 0 Å². The third-order valence-corrected chi connectivity index (χ3v) is 4.86. The Bertz CT molecular complexity index is 454. The van der Waals surface area contributed by atoms with Crippen molar-refractivity contribution in [2.45, 2.75) is 58.5 Å². The van der Waals surface area contributed by atoms with Gasteiger partial charge in [0.25, 0.3) is 0 Å². The summed E-state index contributed by atoms with van der Waals surface area (Å²) >= 11 is 0. The van der Waals surface area contributed by atoms with Crippen molar-refractivity contribution in [2.24, 2.45) is 0 Å². The van der Waals surface area contributed by atoms with Crippen molar-refractivity contribution >= 4 is 5.69 Å². The van der Waals surface area contributed by atoms with Crippen LogP contribution in [-0.4, -0.2) is 24.7 Å². The Hall–Kier alpha value is -1.09. The number of piperazine rings is 1.